The summed E-state index contributed by atoms with van der Waals surface area (Å²) in [4.78, 5) is 26.9. The van der Waals surface area contributed by atoms with Crippen molar-refractivity contribution in [2.24, 2.45) is 0 Å². The van der Waals surface area contributed by atoms with Crippen molar-refractivity contribution in [1.82, 2.24) is 29.1 Å². The fourth-order valence-corrected chi connectivity index (χ4v) is 3.82. The first kappa shape index (κ1) is 20.3. The number of rotatable bonds is 5. The van der Waals surface area contributed by atoms with Crippen molar-refractivity contribution in [3.63, 3.8) is 0 Å². The number of hydrogen-bond acceptors (Lipinski definition) is 7. The Labute approximate surface area is 187 Å². The zero-order chi connectivity index (χ0) is 22.5. The molecule has 9 nitrogen and oxygen atoms in total. The van der Waals surface area contributed by atoms with Crippen LogP contribution in [0.25, 0.3) is 28.1 Å². The number of aromatic nitrogens is 6. The molecule has 10 heteroatoms. The van der Waals surface area contributed by atoms with Gasteiger partial charge in [0.25, 0.3) is 11.4 Å². The number of nitrogens with zero attached hydrogens (tertiary/aromatic N) is 6. The molecule has 0 unspecified atom stereocenters. The molecule has 0 saturated carbocycles. The summed E-state index contributed by atoms with van der Waals surface area (Å²) in [6.45, 7) is 3.89. The molecule has 4 aromatic heterocycles. The molecular formula is C22H19ClN6O3. The smallest absolute Gasteiger partial charge is 0.279 e. The van der Waals surface area contributed by atoms with Gasteiger partial charge >= 0.3 is 0 Å². The Hall–Kier alpha value is -3.56. The molecule has 162 valence electrons. The highest BCUT2D eigenvalue weighted by atomic mass is 35.5. The maximum absolute atomic E-state index is 13.7. The second kappa shape index (κ2) is 7.54. The van der Waals surface area contributed by atoms with E-state index in [9.17, 15) is 4.79 Å². The lowest BCUT2D eigenvalue weighted by atomic mass is 10.1. The summed E-state index contributed by atoms with van der Waals surface area (Å²) in [7, 11) is 1.56. The molecule has 5 rings (SSSR count). The molecule has 0 spiro atoms. The first-order valence-electron chi connectivity index (χ1n) is 9.88. The fourth-order valence-electron chi connectivity index (χ4n) is 3.55. The van der Waals surface area contributed by atoms with E-state index in [1.165, 1.54) is 0 Å². The van der Waals surface area contributed by atoms with Gasteiger partial charge in [-0.25, -0.2) is 4.98 Å². The minimum absolute atomic E-state index is 0.135. The van der Waals surface area contributed by atoms with Gasteiger partial charge in [0.1, 0.15) is 17.4 Å². The van der Waals surface area contributed by atoms with Gasteiger partial charge < -0.3 is 9.26 Å². The van der Waals surface area contributed by atoms with Gasteiger partial charge in [-0.15, -0.1) is 0 Å². The first-order valence-corrected chi connectivity index (χ1v) is 10.3. The van der Waals surface area contributed by atoms with Crippen LogP contribution in [0.2, 0.25) is 5.02 Å². The van der Waals surface area contributed by atoms with Crippen LogP contribution in [0.1, 0.15) is 25.4 Å². The van der Waals surface area contributed by atoms with Crippen molar-refractivity contribution in [1.29, 1.82) is 0 Å². The summed E-state index contributed by atoms with van der Waals surface area (Å²) < 4.78 is 14.2. The van der Waals surface area contributed by atoms with Crippen molar-refractivity contribution < 1.29 is 9.26 Å². The summed E-state index contributed by atoms with van der Waals surface area (Å²) in [6, 6.07) is 11.0. The van der Waals surface area contributed by atoms with E-state index in [-0.39, 0.29) is 23.7 Å². The molecule has 0 aliphatic carbocycles. The van der Waals surface area contributed by atoms with Crippen molar-refractivity contribution >= 4 is 28.2 Å². The summed E-state index contributed by atoms with van der Waals surface area (Å²) in [5.41, 5.74) is 1.58. The maximum atomic E-state index is 13.7. The molecular weight excluding hydrogens is 432 g/mol. The standard InChI is InChI=1S/C22H19ClN6O3/c1-22(2,31-3)21-26-19(32-27-21)16-18-20(30)28(11-13-7-4-5-10-24-13)17-14(23)8-6-9-15(17)29(18)12-25-16/h4-10,12H,11H2,1-3H3. The second-order valence-corrected chi connectivity index (χ2v) is 8.18. The van der Waals surface area contributed by atoms with Crippen LogP contribution < -0.4 is 5.56 Å². The molecule has 0 N–H and O–H groups in total. The number of methoxy groups -OCH3 is 1. The number of ether oxygens (including phenoxy) is 1. The third kappa shape index (κ3) is 3.17. The van der Waals surface area contributed by atoms with Crippen LogP contribution in [0.5, 0.6) is 0 Å². The summed E-state index contributed by atoms with van der Waals surface area (Å²) >= 11 is 6.53. The van der Waals surface area contributed by atoms with Crippen molar-refractivity contribution in [2.45, 2.75) is 26.0 Å². The minimum atomic E-state index is -0.753. The second-order valence-electron chi connectivity index (χ2n) is 7.77. The number of imidazole rings is 1. The van der Waals surface area contributed by atoms with Crippen LogP contribution in [-0.4, -0.2) is 36.2 Å². The Balaban J connectivity index is 1.79. The molecule has 0 fully saturated rings. The molecule has 5 aromatic rings. The van der Waals surface area contributed by atoms with Gasteiger partial charge in [-0.2, -0.15) is 4.98 Å². The predicted octanol–water partition coefficient (Wildman–Crippen LogP) is 3.68. The van der Waals surface area contributed by atoms with E-state index in [4.69, 9.17) is 20.9 Å². The van der Waals surface area contributed by atoms with Crippen molar-refractivity contribution in [3.8, 4) is 11.6 Å². The summed E-state index contributed by atoms with van der Waals surface area (Å²) in [6.07, 6.45) is 3.24. The summed E-state index contributed by atoms with van der Waals surface area (Å²) in [5, 5.41) is 4.47. The number of fused-ring (bicyclic) bond motifs is 3. The van der Waals surface area contributed by atoms with Gasteiger partial charge in [-0.1, -0.05) is 28.9 Å². The average Bonchev–Trinajstić information content (AvgIpc) is 3.45. The van der Waals surface area contributed by atoms with E-state index in [1.807, 2.05) is 44.2 Å². The van der Waals surface area contributed by atoms with Crippen LogP contribution in [0, 0.1) is 0 Å². The lowest BCUT2D eigenvalue weighted by molar-refractivity contribution is 0.00973. The Morgan fingerprint density at radius 3 is 2.72 bits per heavy atom. The lowest BCUT2D eigenvalue weighted by Crippen LogP contribution is -2.24. The normalized spacial score (nSPS) is 12.1. The Bertz CT molecular complexity index is 1500. The zero-order valence-electron chi connectivity index (χ0n) is 17.6. The van der Waals surface area contributed by atoms with E-state index < -0.39 is 5.60 Å². The first-order chi connectivity index (χ1) is 15.4. The van der Waals surface area contributed by atoms with Crippen LogP contribution in [0.15, 0.2) is 58.2 Å². The molecule has 0 saturated heterocycles. The van der Waals surface area contributed by atoms with Crippen molar-refractivity contribution in [3.05, 3.63) is 75.8 Å². The van der Waals surface area contributed by atoms with Gasteiger partial charge in [-0.3, -0.25) is 18.7 Å². The Morgan fingerprint density at radius 2 is 1.97 bits per heavy atom. The van der Waals surface area contributed by atoms with Crippen molar-refractivity contribution in [2.75, 3.05) is 7.11 Å². The quantitative estimate of drug-likeness (QED) is 0.402. The van der Waals surface area contributed by atoms with Gasteiger partial charge in [0.05, 0.1) is 28.3 Å². The molecule has 0 aliphatic rings. The maximum Gasteiger partial charge on any atom is 0.279 e. The molecule has 4 heterocycles. The molecule has 0 bridgehead atoms. The number of benzene rings is 1. The third-order valence-corrected chi connectivity index (χ3v) is 5.74. The highest BCUT2D eigenvalue weighted by Crippen LogP contribution is 2.29. The van der Waals surface area contributed by atoms with E-state index in [2.05, 4.69) is 20.1 Å². The summed E-state index contributed by atoms with van der Waals surface area (Å²) in [5.74, 6) is 0.490. The highest BCUT2D eigenvalue weighted by molar-refractivity contribution is 6.35. The monoisotopic (exact) mass is 450 g/mol. The van der Waals surface area contributed by atoms with Gasteiger partial charge in [0.15, 0.2) is 5.69 Å². The number of halogens is 1. The topological polar surface area (TPSA) is 100 Å². The largest absolute Gasteiger partial charge is 0.371 e. The van der Waals surface area contributed by atoms with E-state index in [0.717, 1.165) is 11.2 Å². The third-order valence-electron chi connectivity index (χ3n) is 5.43. The predicted molar refractivity (Wildman–Crippen MR) is 119 cm³/mol. The molecule has 0 atom stereocenters. The Kier molecular flexibility index (Phi) is 4.79. The SMILES string of the molecule is COC(C)(C)c1noc(-c2ncn3c2c(=O)n(Cc2ccccn2)c2c(Cl)cccc23)n1. The number of hydrogen-bond donors (Lipinski definition) is 0. The van der Waals surface area contributed by atoms with E-state index in [1.54, 1.807) is 34.7 Å². The van der Waals surface area contributed by atoms with Crippen LogP contribution in [-0.2, 0) is 16.9 Å². The minimum Gasteiger partial charge on any atom is -0.371 e. The molecule has 32 heavy (non-hydrogen) atoms. The number of para-hydroxylation sites is 1. The molecule has 1 aromatic carbocycles. The zero-order valence-corrected chi connectivity index (χ0v) is 18.4. The molecule has 0 aliphatic heterocycles. The van der Waals surface area contributed by atoms with Crippen LogP contribution >= 0.6 is 11.6 Å². The highest BCUT2D eigenvalue weighted by Gasteiger charge is 2.28. The lowest BCUT2D eigenvalue weighted by Gasteiger charge is -2.17. The molecule has 0 radical (unpaired) electrons. The average molecular weight is 451 g/mol. The van der Waals surface area contributed by atoms with Gasteiger partial charge in [0, 0.05) is 13.3 Å². The Morgan fingerprint density at radius 1 is 1.12 bits per heavy atom. The van der Waals surface area contributed by atoms with Gasteiger partial charge in [0.2, 0.25) is 5.82 Å². The molecule has 0 amide bonds. The van der Waals surface area contributed by atoms with E-state index in [0.29, 0.717) is 21.9 Å². The van der Waals surface area contributed by atoms with Crippen LogP contribution in [0.4, 0.5) is 0 Å². The number of pyridine rings is 1. The van der Waals surface area contributed by atoms with E-state index >= 15 is 0 Å². The fraction of sp³-hybridized carbons (Fsp3) is 0.227. The van der Waals surface area contributed by atoms with Gasteiger partial charge in [-0.05, 0) is 38.1 Å². The van der Waals surface area contributed by atoms with Crippen LogP contribution in [0.3, 0.4) is 0 Å².